The third kappa shape index (κ3) is 3.70. The monoisotopic (exact) mass is 292 g/mol. The Labute approximate surface area is 122 Å². The van der Waals surface area contributed by atoms with Gasteiger partial charge in [0, 0.05) is 6.54 Å². The molecule has 0 amide bonds. The van der Waals surface area contributed by atoms with Crippen LogP contribution in [0.4, 0.5) is 10.1 Å². The Morgan fingerprint density at radius 2 is 2.14 bits per heavy atom. The molecule has 0 atom stereocenters. The minimum absolute atomic E-state index is 0.155. The second kappa shape index (κ2) is 6.10. The normalized spacial score (nSPS) is 25.1. The summed E-state index contributed by atoms with van der Waals surface area (Å²) in [6, 6.07) is 5.94. The molecule has 0 radical (unpaired) electrons. The van der Waals surface area contributed by atoms with E-state index in [1.54, 1.807) is 0 Å². The molecule has 0 unspecified atom stereocenters. The van der Waals surface area contributed by atoms with Crippen LogP contribution in [0.1, 0.15) is 31.2 Å². The zero-order valence-corrected chi connectivity index (χ0v) is 11.5. The van der Waals surface area contributed by atoms with Crippen LogP contribution >= 0.6 is 0 Å². The van der Waals surface area contributed by atoms with Crippen LogP contribution in [0, 0.1) is 23.1 Å². The molecule has 1 aromatic carbocycles. The van der Waals surface area contributed by atoms with Gasteiger partial charge in [-0.05, 0) is 43.9 Å². The van der Waals surface area contributed by atoms with E-state index in [1.165, 1.54) is 12.1 Å². The summed E-state index contributed by atoms with van der Waals surface area (Å²) in [4.78, 5) is 10.9. The topological polar surface area (TPSA) is 93.4 Å². The SMILES string of the molecule is N#Cc1ccc(NCC2(O)CCC(C(=O)O)CC2)c(F)c1. The number of anilines is 1. The molecule has 0 aliphatic heterocycles. The molecule has 0 saturated heterocycles. The maximum Gasteiger partial charge on any atom is 0.306 e. The van der Waals surface area contributed by atoms with Gasteiger partial charge in [-0.15, -0.1) is 0 Å². The summed E-state index contributed by atoms with van der Waals surface area (Å²) < 4.78 is 13.7. The van der Waals surface area contributed by atoms with Crippen molar-refractivity contribution >= 4 is 11.7 Å². The summed E-state index contributed by atoms with van der Waals surface area (Å²) in [5.74, 6) is -1.78. The van der Waals surface area contributed by atoms with Crippen molar-refractivity contribution in [2.45, 2.75) is 31.3 Å². The van der Waals surface area contributed by atoms with Gasteiger partial charge in [0.25, 0.3) is 0 Å². The Balaban J connectivity index is 1.94. The summed E-state index contributed by atoms with van der Waals surface area (Å²) in [7, 11) is 0. The molecule has 1 aliphatic rings. The summed E-state index contributed by atoms with van der Waals surface area (Å²) in [5.41, 5.74) is -0.562. The van der Waals surface area contributed by atoms with Crippen molar-refractivity contribution in [1.29, 1.82) is 5.26 Å². The first kappa shape index (κ1) is 15.3. The van der Waals surface area contributed by atoms with Crippen molar-refractivity contribution in [1.82, 2.24) is 0 Å². The van der Waals surface area contributed by atoms with Crippen molar-refractivity contribution in [2.24, 2.45) is 5.92 Å². The number of nitriles is 1. The number of carboxylic acids is 1. The number of benzene rings is 1. The molecular weight excluding hydrogens is 275 g/mol. The highest BCUT2D eigenvalue weighted by atomic mass is 19.1. The maximum absolute atomic E-state index is 13.7. The van der Waals surface area contributed by atoms with Gasteiger partial charge in [-0.25, -0.2) is 4.39 Å². The first-order valence-corrected chi connectivity index (χ1v) is 6.82. The lowest BCUT2D eigenvalue weighted by Gasteiger charge is -2.35. The molecule has 1 fully saturated rings. The van der Waals surface area contributed by atoms with Crippen LogP contribution in [0.25, 0.3) is 0 Å². The molecule has 0 bridgehead atoms. The fraction of sp³-hybridized carbons (Fsp3) is 0.467. The molecule has 2 rings (SSSR count). The van der Waals surface area contributed by atoms with Gasteiger partial charge in [0.05, 0.1) is 28.8 Å². The van der Waals surface area contributed by atoms with Crippen LogP contribution in [0.15, 0.2) is 18.2 Å². The Morgan fingerprint density at radius 3 is 2.67 bits per heavy atom. The van der Waals surface area contributed by atoms with Crippen LogP contribution in [0.2, 0.25) is 0 Å². The van der Waals surface area contributed by atoms with Crippen LogP contribution in [0.5, 0.6) is 0 Å². The lowest BCUT2D eigenvalue weighted by molar-refractivity contribution is -0.144. The molecule has 21 heavy (non-hydrogen) atoms. The Bertz CT molecular complexity index is 575. The van der Waals surface area contributed by atoms with E-state index in [9.17, 15) is 14.3 Å². The third-order valence-corrected chi connectivity index (χ3v) is 3.97. The predicted octanol–water partition coefficient (Wildman–Crippen LogP) is 2.12. The number of hydrogen-bond donors (Lipinski definition) is 3. The smallest absolute Gasteiger partial charge is 0.306 e. The van der Waals surface area contributed by atoms with Crippen molar-refractivity contribution in [3.8, 4) is 6.07 Å². The number of halogens is 1. The first-order valence-electron chi connectivity index (χ1n) is 6.82. The maximum atomic E-state index is 13.7. The molecule has 6 heteroatoms. The number of aliphatic hydroxyl groups is 1. The minimum Gasteiger partial charge on any atom is -0.481 e. The molecule has 1 aliphatic carbocycles. The average molecular weight is 292 g/mol. The third-order valence-electron chi connectivity index (χ3n) is 3.97. The highest BCUT2D eigenvalue weighted by Gasteiger charge is 2.35. The predicted molar refractivity (Wildman–Crippen MR) is 74.1 cm³/mol. The van der Waals surface area contributed by atoms with Gasteiger partial charge in [-0.3, -0.25) is 4.79 Å². The van der Waals surface area contributed by atoms with E-state index in [0.717, 1.165) is 6.07 Å². The summed E-state index contributed by atoms with van der Waals surface area (Å²) in [6.45, 7) is 0.155. The standard InChI is InChI=1S/C15H17FN2O3/c16-12-7-10(8-17)1-2-13(12)18-9-15(21)5-3-11(4-6-15)14(19)20/h1-2,7,11,18,21H,3-6,9H2,(H,19,20). The van der Waals surface area contributed by atoms with Crippen LogP contribution in [0.3, 0.4) is 0 Å². The summed E-state index contributed by atoms with van der Waals surface area (Å²) in [6.07, 6.45) is 1.58. The highest BCUT2D eigenvalue weighted by Crippen LogP contribution is 2.32. The highest BCUT2D eigenvalue weighted by molar-refractivity contribution is 5.70. The van der Waals surface area contributed by atoms with Crippen molar-refractivity contribution < 1.29 is 19.4 Å². The largest absolute Gasteiger partial charge is 0.481 e. The molecular formula is C15H17FN2O3. The second-order valence-electron chi connectivity index (χ2n) is 5.50. The van der Waals surface area contributed by atoms with Crippen LogP contribution in [-0.4, -0.2) is 28.3 Å². The fourth-order valence-electron chi connectivity index (χ4n) is 2.57. The van der Waals surface area contributed by atoms with E-state index >= 15 is 0 Å². The Kier molecular flexibility index (Phi) is 4.43. The number of aliphatic carboxylic acids is 1. The van der Waals surface area contributed by atoms with Gasteiger partial charge in [-0.1, -0.05) is 0 Å². The van der Waals surface area contributed by atoms with E-state index in [2.05, 4.69) is 5.32 Å². The number of carboxylic acid groups (broad SMARTS) is 1. The molecule has 5 nitrogen and oxygen atoms in total. The number of carbonyl (C=O) groups is 1. The number of nitrogens with one attached hydrogen (secondary N) is 1. The quantitative estimate of drug-likeness (QED) is 0.790. The van der Waals surface area contributed by atoms with E-state index in [-0.39, 0.29) is 17.8 Å². The Morgan fingerprint density at radius 1 is 1.48 bits per heavy atom. The van der Waals surface area contributed by atoms with E-state index in [1.807, 2.05) is 6.07 Å². The van der Waals surface area contributed by atoms with E-state index in [0.29, 0.717) is 25.7 Å². The van der Waals surface area contributed by atoms with Gasteiger partial charge in [-0.2, -0.15) is 5.26 Å². The first-order chi connectivity index (χ1) is 9.93. The Hall–Kier alpha value is -2.13. The molecule has 1 saturated carbocycles. The lowest BCUT2D eigenvalue weighted by Crippen LogP contribution is -2.42. The van der Waals surface area contributed by atoms with E-state index in [4.69, 9.17) is 10.4 Å². The molecule has 0 aromatic heterocycles. The van der Waals surface area contributed by atoms with Gasteiger partial charge < -0.3 is 15.5 Å². The van der Waals surface area contributed by atoms with Crippen molar-refractivity contribution in [3.63, 3.8) is 0 Å². The van der Waals surface area contributed by atoms with Gasteiger partial charge >= 0.3 is 5.97 Å². The molecule has 3 N–H and O–H groups in total. The molecule has 1 aromatic rings. The second-order valence-corrected chi connectivity index (χ2v) is 5.50. The zero-order valence-electron chi connectivity index (χ0n) is 11.5. The van der Waals surface area contributed by atoms with Gasteiger partial charge in [0.2, 0.25) is 0 Å². The van der Waals surface area contributed by atoms with Crippen molar-refractivity contribution in [3.05, 3.63) is 29.6 Å². The van der Waals surface area contributed by atoms with E-state index < -0.39 is 23.3 Å². The number of hydrogen-bond acceptors (Lipinski definition) is 4. The molecule has 112 valence electrons. The fourth-order valence-corrected chi connectivity index (χ4v) is 2.57. The molecule has 0 spiro atoms. The summed E-state index contributed by atoms with van der Waals surface area (Å²) >= 11 is 0. The average Bonchev–Trinajstić information content (AvgIpc) is 2.46. The zero-order chi connectivity index (χ0) is 15.5. The van der Waals surface area contributed by atoms with Crippen LogP contribution < -0.4 is 5.32 Å². The van der Waals surface area contributed by atoms with Gasteiger partial charge in [0.15, 0.2) is 0 Å². The van der Waals surface area contributed by atoms with Gasteiger partial charge in [0.1, 0.15) is 5.82 Å². The number of rotatable bonds is 4. The minimum atomic E-state index is -1.02. The van der Waals surface area contributed by atoms with Crippen LogP contribution in [-0.2, 0) is 4.79 Å². The summed E-state index contributed by atoms with van der Waals surface area (Å²) in [5, 5.41) is 30.8. The molecule has 0 heterocycles. The lowest BCUT2D eigenvalue weighted by atomic mass is 9.79. The van der Waals surface area contributed by atoms with Crippen molar-refractivity contribution in [2.75, 3.05) is 11.9 Å². The number of nitrogens with zero attached hydrogens (tertiary/aromatic N) is 1.